The topological polar surface area (TPSA) is 54.9 Å². The zero-order valence-electron chi connectivity index (χ0n) is 9.55. The molecule has 18 heavy (non-hydrogen) atoms. The molecule has 0 spiro atoms. The average Bonchev–Trinajstić information content (AvgIpc) is 2.41. The van der Waals surface area contributed by atoms with Gasteiger partial charge in [0.1, 0.15) is 11.6 Å². The molecule has 2 rings (SSSR count). The summed E-state index contributed by atoms with van der Waals surface area (Å²) >= 11 is 1.38. The van der Waals surface area contributed by atoms with Gasteiger partial charge in [0, 0.05) is 11.9 Å². The fourth-order valence-electron chi connectivity index (χ4n) is 1.33. The van der Waals surface area contributed by atoms with E-state index in [-0.39, 0.29) is 5.82 Å². The van der Waals surface area contributed by atoms with Gasteiger partial charge >= 0.3 is 0 Å². The number of hydrogen-bond donors (Lipinski definition) is 1. The van der Waals surface area contributed by atoms with Crippen LogP contribution in [0.4, 0.5) is 15.9 Å². The van der Waals surface area contributed by atoms with Crippen LogP contribution in [0.25, 0.3) is 0 Å². The first kappa shape index (κ1) is 12.5. The smallest absolute Gasteiger partial charge is 0.189 e. The quantitative estimate of drug-likeness (QED) is 0.522. The second-order valence-corrected chi connectivity index (χ2v) is 4.18. The molecule has 6 heteroatoms. The molecular formula is C12H10FN3OS. The number of carbonyl (C=O) groups excluding carboxylic acids is 1. The molecule has 0 aliphatic heterocycles. The summed E-state index contributed by atoms with van der Waals surface area (Å²) in [5.74, 6) is 0.0969. The first-order chi connectivity index (χ1) is 8.72. The van der Waals surface area contributed by atoms with Crippen LogP contribution in [0.15, 0.2) is 35.6 Å². The van der Waals surface area contributed by atoms with E-state index in [1.165, 1.54) is 30.1 Å². The van der Waals surface area contributed by atoms with Crippen molar-refractivity contribution in [3.05, 3.63) is 41.8 Å². The van der Waals surface area contributed by atoms with Crippen LogP contribution in [0.5, 0.6) is 0 Å². The van der Waals surface area contributed by atoms with Gasteiger partial charge < -0.3 is 5.32 Å². The van der Waals surface area contributed by atoms with E-state index < -0.39 is 0 Å². The number of benzene rings is 1. The number of anilines is 2. The monoisotopic (exact) mass is 263 g/mol. The van der Waals surface area contributed by atoms with Crippen molar-refractivity contribution in [3.8, 4) is 0 Å². The van der Waals surface area contributed by atoms with E-state index in [1.807, 2.05) is 6.26 Å². The van der Waals surface area contributed by atoms with Crippen LogP contribution >= 0.6 is 11.8 Å². The number of halogens is 1. The van der Waals surface area contributed by atoms with Gasteiger partial charge in [-0.3, -0.25) is 4.79 Å². The summed E-state index contributed by atoms with van der Waals surface area (Å²) in [6.45, 7) is 0. The van der Waals surface area contributed by atoms with Crippen LogP contribution in [-0.4, -0.2) is 22.5 Å². The Balaban J connectivity index is 2.31. The van der Waals surface area contributed by atoms with Crippen LogP contribution in [0.3, 0.4) is 0 Å². The molecule has 1 aromatic carbocycles. The van der Waals surface area contributed by atoms with Crippen molar-refractivity contribution in [1.29, 1.82) is 0 Å². The number of nitrogens with one attached hydrogen (secondary N) is 1. The molecule has 1 heterocycles. The minimum Gasteiger partial charge on any atom is -0.339 e. The van der Waals surface area contributed by atoms with Crippen molar-refractivity contribution < 1.29 is 9.18 Å². The van der Waals surface area contributed by atoms with Crippen LogP contribution in [0.1, 0.15) is 10.4 Å². The lowest BCUT2D eigenvalue weighted by molar-refractivity contribution is 0.112. The van der Waals surface area contributed by atoms with Crippen LogP contribution in [-0.2, 0) is 0 Å². The summed E-state index contributed by atoms with van der Waals surface area (Å²) in [4.78, 5) is 19.1. The van der Waals surface area contributed by atoms with Gasteiger partial charge in [-0.25, -0.2) is 14.4 Å². The standard InChI is InChI=1S/C12H10FN3OS/c1-18-12-14-6-8(7-17)11(16-12)15-10-4-2-9(13)3-5-10/h2-7H,1H3,(H,14,15,16). The first-order valence-corrected chi connectivity index (χ1v) is 6.34. The summed E-state index contributed by atoms with van der Waals surface area (Å²) in [5, 5.41) is 3.52. The Kier molecular flexibility index (Phi) is 3.88. The highest BCUT2D eigenvalue weighted by Gasteiger charge is 2.06. The van der Waals surface area contributed by atoms with Gasteiger partial charge in [0.2, 0.25) is 0 Å². The second-order valence-electron chi connectivity index (χ2n) is 3.41. The third kappa shape index (κ3) is 2.84. The van der Waals surface area contributed by atoms with Gasteiger partial charge in [-0.1, -0.05) is 11.8 Å². The van der Waals surface area contributed by atoms with Gasteiger partial charge in [0.15, 0.2) is 11.4 Å². The molecule has 0 saturated carbocycles. The summed E-state index contributed by atoms with van der Waals surface area (Å²) in [5.41, 5.74) is 1.02. The lowest BCUT2D eigenvalue weighted by Crippen LogP contribution is -2.01. The molecule has 2 aromatic rings. The molecule has 0 fully saturated rings. The van der Waals surface area contributed by atoms with Crippen molar-refractivity contribution in [2.45, 2.75) is 5.16 Å². The number of rotatable bonds is 4. The lowest BCUT2D eigenvalue weighted by atomic mass is 10.3. The largest absolute Gasteiger partial charge is 0.339 e. The first-order valence-electron chi connectivity index (χ1n) is 5.11. The van der Waals surface area contributed by atoms with Gasteiger partial charge in [-0.05, 0) is 30.5 Å². The Labute approximate surface area is 108 Å². The third-order valence-electron chi connectivity index (χ3n) is 2.21. The Morgan fingerprint density at radius 2 is 2.06 bits per heavy atom. The van der Waals surface area contributed by atoms with Crippen LogP contribution < -0.4 is 5.32 Å². The molecule has 0 atom stereocenters. The number of aldehydes is 1. The zero-order valence-corrected chi connectivity index (χ0v) is 10.4. The Morgan fingerprint density at radius 3 is 2.67 bits per heavy atom. The minimum absolute atomic E-state index is 0.316. The van der Waals surface area contributed by atoms with Crippen LogP contribution in [0, 0.1) is 5.82 Å². The fraction of sp³-hybridized carbons (Fsp3) is 0.0833. The van der Waals surface area contributed by atoms with Gasteiger partial charge in [0.05, 0.1) is 5.56 Å². The molecular weight excluding hydrogens is 253 g/mol. The maximum absolute atomic E-state index is 12.8. The number of nitrogens with zero attached hydrogens (tertiary/aromatic N) is 2. The number of hydrogen-bond acceptors (Lipinski definition) is 5. The van der Waals surface area contributed by atoms with Crippen molar-refractivity contribution >= 4 is 29.6 Å². The molecule has 1 N–H and O–H groups in total. The molecule has 4 nitrogen and oxygen atoms in total. The fourth-order valence-corrected chi connectivity index (χ4v) is 1.67. The van der Waals surface area contributed by atoms with Crippen molar-refractivity contribution in [1.82, 2.24) is 9.97 Å². The highest BCUT2D eigenvalue weighted by Crippen LogP contribution is 2.20. The molecule has 92 valence electrons. The predicted octanol–water partition coefficient (Wildman–Crippen LogP) is 2.89. The Hall–Kier alpha value is -1.95. The highest BCUT2D eigenvalue weighted by atomic mass is 32.2. The van der Waals surface area contributed by atoms with Gasteiger partial charge in [-0.15, -0.1) is 0 Å². The molecule has 0 radical (unpaired) electrons. The van der Waals surface area contributed by atoms with Crippen molar-refractivity contribution in [2.24, 2.45) is 0 Å². The predicted molar refractivity (Wildman–Crippen MR) is 68.9 cm³/mol. The van der Waals surface area contributed by atoms with E-state index in [0.29, 0.717) is 28.5 Å². The molecule has 0 aliphatic carbocycles. The molecule has 0 amide bonds. The summed E-state index contributed by atoms with van der Waals surface area (Å²) < 4.78 is 12.8. The molecule has 0 bridgehead atoms. The molecule has 1 aromatic heterocycles. The molecule has 0 aliphatic rings. The van der Waals surface area contributed by atoms with Gasteiger partial charge in [-0.2, -0.15) is 0 Å². The van der Waals surface area contributed by atoms with E-state index in [9.17, 15) is 9.18 Å². The molecule has 0 unspecified atom stereocenters. The highest BCUT2D eigenvalue weighted by molar-refractivity contribution is 7.98. The Bertz CT molecular complexity index is 560. The van der Waals surface area contributed by atoms with E-state index in [1.54, 1.807) is 12.1 Å². The zero-order chi connectivity index (χ0) is 13.0. The van der Waals surface area contributed by atoms with E-state index >= 15 is 0 Å². The minimum atomic E-state index is -0.316. The normalized spacial score (nSPS) is 10.1. The summed E-state index contributed by atoms with van der Waals surface area (Å²) in [6.07, 6.45) is 3.98. The van der Waals surface area contributed by atoms with E-state index in [4.69, 9.17) is 0 Å². The molecule has 0 saturated heterocycles. The van der Waals surface area contributed by atoms with Crippen LogP contribution in [0.2, 0.25) is 0 Å². The average molecular weight is 263 g/mol. The number of aromatic nitrogens is 2. The lowest BCUT2D eigenvalue weighted by Gasteiger charge is -2.08. The van der Waals surface area contributed by atoms with Crippen molar-refractivity contribution in [3.63, 3.8) is 0 Å². The van der Waals surface area contributed by atoms with E-state index in [2.05, 4.69) is 15.3 Å². The maximum atomic E-state index is 12.8. The maximum Gasteiger partial charge on any atom is 0.189 e. The van der Waals surface area contributed by atoms with Crippen molar-refractivity contribution in [2.75, 3.05) is 11.6 Å². The summed E-state index contributed by atoms with van der Waals surface area (Å²) in [7, 11) is 0. The Morgan fingerprint density at radius 1 is 1.33 bits per heavy atom. The van der Waals surface area contributed by atoms with E-state index in [0.717, 1.165) is 0 Å². The summed E-state index contributed by atoms with van der Waals surface area (Å²) in [6, 6.07) is 5.81. The number of carbonyl (C=O) groups is 1. The third-order valence-corrected chi connectivity index (χ3v) is 2.77. The number of thioether (sulfide) groups is 1. The second kappa shape index (κ2) is 5.59. The van der Waals surface area contributed by atoms with Gasteiger partial charge in [0.25, 0.3) is 0 Å². The SMILES string of the molecule is CSc1ncc(C=O)c(Nc2ccc(F)cc2)n1.